The molecule has 0 aliphatic heterocycles. The number of hydrogen-bond acceptors (Lipinski definition) is 6. The fourth-order valence-electron chi connectivity index (χ4n) is 3.75. The summed E-state index contributed by atoms with van der Waals surface area (Å²) in [6.07, 6.45) is -4.53. The number of rotatable bonds is 11. The molecule has 0 spiro atoms. The van der Waals surface area contributed by atoms with Gasteiger partial charge >= 0.3 is 18.1 Å². The first-order chi connectivity index (χ1) is 18.1. The van der Waals surface area contributed by atoms with Crippen molar-refractivity contribution < 1.29 is 37.0 Å². The Bertz CT molecular complexity index is 1280. The van der Waals surface area contributed by atoms with Gasteiger partial charge in [-0.1, -0.05) is 41.9 Å². The molecule has 6 nitrogen and oxygen atoms in total. The summed E-state index contributed by atoms with van der Waals surface area (Å²) in [6.45, 7) is 0.246. The third-order valence-corrected chi connectivity index (χ3v) is 6.10. The molecule has 0 aliphatic carbocycles. The van der Waals surface area contributed by atoms with E-state index in [0.717, 1.165) is 12.1 Å². The van der Waals surface area contributed by atoms with Gasteiger partial charge in [0.05, 0.1) is 32.6 Å². The Kier molecular flexibility index (Phi) is 10.2. The van der Waals surface area contributed by atoms with Crippen LogP contribution in [0, 0.1) is 0 Å². The van der Waals surface area contributed by atoms with E-state index in [1.165, 1.54) is 20.3 Å². The quantitative estimate of drug-likeness (QED) is 0.234. The molecule has 0 bridgehead atoms. The van der Waals surface area contributed by atoms with Crippen LogP contribution in [0.4, 0.5) is 13.2 Å². The van der Waals surface area contributed by atoms with Crippen LogP contribution in [0.1, 0.15) is 28.7 Å². The normalized spacial score (nSPS) is 11.2. The van der Waals surface area contributed by atoms with Crippen LogP contribution in [0.3, 0.4) is 0 Å². The molecule has 0 unspecified atom stereocenters. The summed E-state index contributed by atoms with van der Waals surface area (Å²) in [4.78, 5) is 23.9. The van der Waals surface area contributed by atoms with Crippen molar-refractivity contribution >= 4 is 23.5 Å². The molecule has 0 heterocycles. The number of carbonyl (C=O) groups excluding carboxylic acids is 2. The highest BCUT2D eigenvalue weighted by atomic mass is 35.5. The maximum atomic E-state index is 13.5. The van der Waals surface area contributed by atoms with Gasteiger partial charge in [-0.2, -0.15) is 13.2 Å². The predicted molar refractivity (Wildman–Crippen MR) is 137 cm³/mol. The van der Waals surface area contributed by atoms with E-state index in [-0.39, 0.29) is 32.5 Å². The lowest BCUT2D eigenvalue weighted by Gasteiger charge is -2.17. The zero-order chi connectivity index (χ0) is 27.7. The maximum absolute atomic E-state index is 13.5. The molecule has 202 valence electrons. The monoisotopic (exact) mass is 549 g/mol. The highest BCUT2D eigenvalue weighted by Crippen LogP contribution is 2.37. The number of carbonyl (C=O) groups is 2. The lowest BCUT2D eigenvalue weighted by atomic mass is 9.94. The number of esters is 2. The molecule has 0 fully saturated rings. The molecule has 3 aromatic carbocycles. The largest absolute Gasteiger partial charge is 0.496 e. The van der Waals surface area contributed by atoms with E-state index in [0.29, 0.717) is 38.6 Å². The van der Waals surface area contributed by atoms with Crippen LogP contribution >= 0.6 is 11.6 Å². The van der Waals surface area contributed by atoms with Crippen molar-refractivity contribution in [1.29, 1.82) is 0 Å². The zero-order valence-electron chi connectivity index (χ0n) is 20.9. The highest BCUT2D eigenvalue weighted by Gasteiger charge is 2.31. The standard InChI is InChI=1S/C28H27ClF3NO5/c1-36-25-10-7-18(14-27(35)37-2)13-23(25)22-9-8-21(28(30,31)32)15-20(22)16-33-12-11-26(34)38-17-19-5-3-4-6-24(19)29/h3-10,13,15,33H,11-12,14,16-17H2,1-2H3. The van der Waals surface area contributed by atoms with Crippen molar-refractivity contribution in [2.75, 3.05) is 20.8 Å². The van der Waals surface area contributed by atoms with E-state index in [1.807, 2.05) is 0 Å². The van der Waals surface area contributed by atoms with Gasteiger partial charge in [-0.05, 0) is 47.0 Å². The fourth-order valence-corrected chi connectivity index (χ4v) is 3.94. The van der Waals surface area contributed by atoms with Gasteiger partial charge in [-0.3, -0.25) is 9.59 Å². The molecule has 0 aromatic heterocycles. The van der Waals surface area contributed by atoms with Crippen LogP contribution in [0.2, 0.25) is 5.02 Å². The van der Waals surface area contributed by atoms with Gasteiger partial charge in [0.2, 0.25) is 0 Å². The SMILES string of the molecule is COC(=O)Cc1ccc(OC)c(-c2ccc(C(F)(F)F)cc2CNCCC(=O)OCc2ccccc2Cl)c1. The molecular formula is C28H27ClF3NO5. The lowest BCUT2D eigenvalue weighted by Crippen LogP contribution is -2.20. The minimum atomic E-state index is -4.54. The van der Waals surface area contributed by atoms with Gasteiger partial charge in [0.1, 0.15) is 12.4 Å². The Morgan fingerprint density at radius 3 is 2.37 bits per heavy atom. The second-order valence-electron chi connectivity index (χ2n) is 8.34. The van der Waals surface area contributed by atoms with Crippen LogP contribution in [0.25, 0.3) is 11.1 Å². The van der Waals surface area contributed by atoms with E-state index in [4.69, 9.17) is 25.8 Å². The van der Waals surface area contributed by atoms with E-state index in [1.54, 1.807) is 42.5 Å². The number of benzene rings is 3. The summed E-state index contributed by atoms with van der Waals surface area (Å²) < 4.78 is 55.8. The van der Waals surface area contributed by atoms with E-state index < -0.39 is 23.7 Å². The first-order valence-corrected chi connectivity index (χ1v) is 12.0. The van der Waals surface area contributed by atoms with Crippen LogP contribution in [0.5, 0.6) is 5.75 Å². The second kappa shape index (κ2) is 13.3. The minimum Gasteiger partial charge on any atom is -0.496 e. The Hall–Kier alpha value is -3.56. The van der Waals surface area contributed by atoms with Gasteiger partial charge in [0, 0.05) is 29.2 Å². The number of hydrogen-bond donors (Lipinski definition) is 1. The average Bonchev–Trinajstić information content (AvgIpc) is 2.90. The van der Waals surface area contributed by atoms with Crippen molar-refractivity contribution in [1.82, 2.24) is 5.32 Å². The number of nitrogens with one attached hydrogen (secondary N) is 1. The van der Waals surface area contributed by atoms with Gasteiger partial charge < -0.3 is 19.5 Å². The molecule has 3 aromatic rings. The smallest absolute Gasteiger partial charge is 0.416 e. The first-order valence-electron chi connectivity index (χ1n) is 11.7. The topological polar surface area (TPSA) is 73.9 Å². The molecule has 3 rings (SSSR count). The van der Waals surface area contributed by atoms with E-state index in [2.05, 4.69) is 5.32 Å². The number of alkyl halides is 3. The number of ether oxygens (including phenoxy) is 3. The van der Waals surface area contributed by atoms with Crippen molar-refractivity contribution in [3.8, 4) is 16.9 Å². The summed E-state index contributed by atoms with van der Waals surface area (Å²) in [5.41, 5.74) is 1.86. The number of methoxy groups -OCH3 is 2. The Labute approximate surface area is 223 Å². The molecule has 10 heteroatoms. The predicted octanol–water partition coefficient (Wildman–Crippen LogP) is 5.97. The third kappa shape index (κ3) is 7.97. The summed E-state index contributed by atoms with van der Waals surface area (Å²) in [6, 6.07) is 15.4. The molecule has 0 saturated heterocycles. The van der Waals surface area contributed by atoms with Gasteiger partial charge in [0.25, 0.3) is 0 Å². The molecule has 0 aliphatic rings. The fraction of sp³-hybridized carbons (Fsp3) is 0.286. The Morgan fingerprint density at radius 1 is 0.921 bits per heavy atom. The molecule has 38 heavy (non-hydrogen) atoms. The van der Waals surface area contributed by atoms with Crippen molar-refractivity contribution in [2.24, 2.45) is 0 Å². The Balaban J connectivity index is 1.75. The van der Waals surface area contributed by atoms with Crippen LogP contribution in [-0.2, 0) is 44.8 Å². The molecular weight excluding hydrogens is 523 g/mol. The second-order valence-corrected chi connectivity index (χ2v) is 8.74. The minimum absolute atomic E-state index is 0.00197. The zero-order valence-corrected chi connectivity index (χ0v) is 21.6. The summed E-state index contributed by atoms with van der Waals surface area (Å²) in [7, 11) is 2.73. The van der Waals surface area contributed by atoms with Crippen molar-refractivity contribution in [3.05, 3.63) is 87.9 Å². The van der Waals surface area contributed by atoms with E-state index >= 15 is 0 Å². The van der Waals surface area contributed by atoms with Crippen LogP contribution in [-0.4, -0.2) is 32.7 Å². The van der Waals surface area contributed by atoms with Gasteiger partial charge in [-0.15, -0.1) is 0 Å². The molecule has 0 saturated carbocycles. The van der Waals surface area contributed by atoms with Crippen LogP contribution in [0.15, 0.2) is 60.7 Å². The van der Waals surface area contributed by atoms with E-state index in [9.17, 15) is 22.8 Å². The van der Waals surface area contributed by atoms with Crippen LogP contribution < -0.4 is 10.1 Å². The summed E-state index contributed by atoms with van der Waals surface area (Å²) in [5, 5.41) is 3.50. The highest BCUT2D eigenvalue weighted by molar-refractivity contribution is 6.31. The lowest BCUT2D eigenvalue weighted by molar-refractivity contribution is -0.145. The molecule has 0 amide bonds. The van der Waals surface area contributed by atoms with Gasteiger partial charge in [0.15, 0.2) is 0 Å². The molecule has 1 N–H and O–H groups in total. The average molecular weight is 550 g/mol. The van der Waals surface area contributed by atoms with Crippen molar-refractivity contribution in [3.63, 3.8) is 0 Å². The van der Waals surface area contributed by atoms with Crippen molar-refractivity contribution in [2.45, 2.75) is 32.2 Å². The summed E-state index contributed by atoms with van der Waals surface area (Å²) in [5.74, 6) is -0.488. The first kappa shape index (κ1) is 29.0. The van der Waals surface area contributed by atoms with Gasteiger partial charge in [-0.25, -0.2) is 0 Å². The third-order valence-electron chi connectivity index (χ3n) is 5.73. The Morgan fingerprint density at radius 2 is 1.68 bits per heavy atom. The maximum Gasteiger partial charge on any atom is 0.416 e. The molecule has 0 atom stereocenters. The number of halogens is 4. The molecule has 0 radical (unpaired) electrons. The summed E-state index contributed by atoms with van der Waals surface area (Å²) >= 11 is 6.06.